The molecule has 21 heavy (non-hydrogen) atoms. The Labute approximate surface area is 126 Å². The van der Waals surface area contributed by atoms with Crippen LogP contribution in [0.1, 0.15) is 20.8 Å². The van der Waals surface area contributed by atoms with Crippen molar-refractivity contribution in [2.24, 2.45) is 0 Å². The van der Waals surface area contributed by atoms with E-state index in [4.69, 9.17) is 4.74 Å². The van der Waals surface area contributed by atoms with E-state index in [1.807, 2.05) is 18.2 Å². The molecule has 1 aliphatic heterocycles. The van der Waals surface area contributed by atoms with Gasteiger partial charge in [0.1, 0.15) is 23.6 Å². The molecule has 0 saturated heterocycles. The van der Waals surface area contributed by atoms with Crippen molar-refractivity contribution in [2.45, 2.75) is 25.9 Å². The number of phenols is 2. The number of hydrogen-bond acceptors (Lipinski definition) is 3. The van der Waals surface area contributed by atoms with Gasteiger partial charge in [-0.1, -0.05) is 39.0 Å². The molecule has 0 aromatic heterocycles. The molecule has 4 heteroatoms. The Kier molecular flexibility index (Phi) is 3.33. The van der Waals surface area contributed by atoms with E-state index >= 15 is 0 Å². The lowest BCUT2D eigenvalue weighted by molar-refractivity contribution is 0.400. The van der Waals surface area contributed by atoms with Crippen molar-refractivity contribution in [1.29, 1.82) is 0 Å². The highest BCUT2D eigenvalue weighted by molar-refractivity contribution is 7.67. The van der Waals surface area contributed by atoms with Crippen molar-refractivity contribution in [3.05, 3.63) is 36.4 Å². The molecule has 0 saturated carbocycles. The fourth-order valence-corrected chi connectivity index (χ4v) is 4.99. The minimum absolute atomic E-state index is 0.0964. The SMILES string of the molecule is CC(C)(C)[P@]1COc2cccc(-c3c(O)cccc3O)c21. The molecule has 0 spiro atoms. The molecule has 2 aromatic rings. The quantitative estimate of drug-likeness (QED) is 0.782. The number of aromatic hydroxyl groups is 2. The zero-order valence-corrected chi connectivity index (χ0v) is 13.3. The van der Waals surface area contributed by atoms with Crippen LogP contribution >= 0.6 is 7.92 Å². The number of ether oxygens (including phenoxy) is 1. The Balaban J connectivity index is 2.25. The Morgan fingerprint density at radius 3 is 2.24 bits per heavy atom. The van der Waals surface area contributed by atoms with Crippen LogP contribution in [0, 0.1) is 0 Å². The summed E-state index contributed by atoms with van der Waals surface area (Å²) in [5, 5.41) is 21.6. The summed E-state index contributed by atoms with van der Waals surface area (Å²) in [7, 11) is -0.516. The number of benzene rings is 2. The molecule has 0 bridgehead atoms. The third-order valence-corrected chi connectivity index (χ3v) is 6.73. The fraction of sp³-hybridized carbons (Fsp3) is 0.294. The molecular weight excluding hydrogens is 283 g/mol. The largest absolute Gasteiger partial charge is 0.507 e. The van der Waals surface area contributed by atoms with E-state index in [0.29, 0.717) is 11.9 Å². The molecule has 3 rings (SSSR count). The van der Waals surface area contributed by atoms with E-state index in [-0.39, 0.29) is 16.7 Å². The third-order valence-electron chi connectivity index (χ3n) is 3.72. The van der Waals surface area contributed by atoms with E-state index in [1.165, 1.54) is 0 Å². The number of rotatable bonds is 1. The van der Waals surface area contributed by atoms with Gasteiger partial charge in [-0.05, 0) is 31.3 Å². The molecule has 1 aliphatic rings. The minimum Gasteiger partial charge on any atom is -0.507 e. The minimum atomic E-state index is -0.516. The second-order valence-electron chi connectivity index (χ2n) is 6.20. The van der Waals surface area contributed by atoms with Crippen molar-refractivity contribution in [2.75, 3.05) is 6.35 Å². The molecular formula is C17H19O3P. The summed E-state index contributed by atoms with van der Waals surface area (Å²) in [6.45, 7) is 6.62. The molecule has 1 heterocycles. The van der Waals surface area contributed by atoms with E-state index < -0.39 is 7.92 Å². The van der Waals surface area contributed by atoms with E-state index in [9.17, 15) is 10.2 Å². The van der Waals surface area contributed by atoms with Crippen molar-refractivity contribution in [3.8, 4) is 28.4 Å². The van der Waals surface area contributed by atoms with Gasteiger partial charge in [0, 0.05) is 10.9 Å². The molecule has 2 N–H and O–H groups in total. The molecule has 2 aromatic carbocycles. The Hall–Kier alpha value is -1.73. The fourth-order valence-electron chi connectivity index (χ4n) is 2.65. The van der Waals surface area contributed by atoms with Crippen LogP contribution in [0.15, 0.2) is 36.4 Å². The summed E-state index contributed by atoms with van der Waals surface area (Å²) in [6.07, 6.45) is 0.694. The lowest BCUT2D eigenvalue weighted by Gasteiger charge is -2.27. The van der Waals surface area contributed by atoms with E-state index in [0.717, 1.165) is 16.6 Å². The summed E-state index contributed by atoms with van der Waals surface area (Å²) in [5.74, 6) is 1.06. The maximum Gasteiger partial charge on any atom is 0.128 e. The van der Waals surface area contributed by atoms with Crippen LogP contribution in [0.25, 0.3) is 11.1 Å². The van der Waals surface area contributed by atoms with Crippen molar-refractivity contribution < 1.29 is 14.9 Å². The highest BCUT2D eigenvalue weighted by Gasteiger charge is 2.36. The van der Waals surface area contributed by atoms with Gasteiger partial charge in [-0.25, -0.2) is 0 Å². The maximum absolute atomic E-state index is 10.2. The van der Waals surface area contributed by atoms with Crippen LogP contribution in [0.4, 0.5) is 0 Å². The summed E-state index contributed by atoms with van der Waals surface area (Å²) in [4.78, 5) is 0. The molecule has 1 atom stereocenters. The lowest BCUT2D eigenvalue weighted by atomic mass is 10.0. The smallest absolute Gasteiger partial charge is 0.128 e. The van der Waals surface area contributed by atoms with Gasteiger partial charge >= 0.3 is 0 Å². The average Bonchev–Trinajstić information content (AvgIpc) is 2.83. The normalized spacial score (nSPS) is 17.4. The molecule has 3 nitrogen and oxygen atoms in total. The summed E-state index contributed by atoms with van der Waals surface area (Å²) >= 11 is 0. The molecule has 110 valence electrons. The Bertz CT molecular complexity index is 669. The van der Waals surface area contributed by atoms with Crippen LogP contribution in [0.2, 0.25) is 0 Å². The van der Waals surface area contributed by atoms with E-state index in [1.54, 1.807) is 18.2 Å². The standard InChI is InChI=1S/C17H19O3P/c1-17(2,3)21-10-20-14-9-4-6-11(16(14)21)15-12(18)7-5-8-13(15)19/h4-9,18-19H,10H2,1-3H3/t21-/m1/s1. The van der Waals surface area contributed by atoms with Gasteiger partial charge in [0.05, 0.1) is 5.56 Å². The topological polar surface area (TPSA) is 49.7 Å². The first-order valence-corrected chi connectivity index (χ1v) is 8.47. The van der Waals surface area contributed by atoms with Gasteiger partial charge in [0.2, 0.25) is 0 Å². The predicted octanol–water partition coefficient (Wildman–Crippen LogP) is 4.02. The second kappa shape index (κ2) is 4.92. The average molecular weight is 302 g/mol. The van der Waals surface area contributed by atoms with Crippen LogP contribution in [0.3, 0.4) is 0 Å². The summed E-state index contributed by atoms with van der Waals surface area (Å²) in [5.41, 5.74) is 1.37. The summed E-state index contributed by atoms with van der Waals surface area (Å²) < 4.78 is 5.85. The third kappa shape index (κ3) is 2.36. The predicted molar refractivity (Wildman–Crippen MR) is 87.0 cm³/mol. The number of hydrogen-bond donors (Lipinski definition) is 2. The maximum atomic E-state index is 10.2. The first-order valence-electron chi connectivity index (χ1n) is 6.94. The van der Waals surface area contributed by atoms with Crippen LogP contribution in [-0.4, -0.2) is 21.7 Å². The second-order valence-corrected chi connectivity index (χ2v) is 9.10. The van der Waals surface area contributed by atoms with Gasteiger partial charge in [-0.3, -0.25) is 0 Å². The molecule has 0 amide bonds. The molecule has 0 unspecified atom stereocenters. The van der Waals surface area contributed by atoms with Crippen LogP contribution in [0.5, 0.6) is 17.2 Å². The number of fused-ring (bicyclic) bond motifs is 1. The van der Waals surface area contributed by atoms with Gasteiger partial charge < -0.3 is 14.9 Å². The van der Waals surface area contributed by atoms with E-state index in [2.05, 4.69) is 20.8 Å². The van der Waals surface area contributed by atoms with Crippen LogP contribution in [-0.2, 0) is 0 Å². The number of phenolic OH excluding ortho intramolecular Hbond substituents is 2. The first-order chi connectivity index (χ1) is 9.89. The molecule has 0 radical (unpaired) electrons. The zero-order chi connectivity index (χ0) is 15.2. The molecule has 0 fully saturated rings. The highest BCUT2D eigenvalue weighted by Crippen LogP contribution is 2.56. The van der Waals surface area contributed by atoms with Crippen molar-refractivity contribution in [1.82, 2.24) is 0 Å². The molecule has 0 aliphatic carbocycles. The summed E-state index contributed by atoms with van der Waals surface area (Å²) in [6, 6.07) is 10.7. The van der Waals surface area contributed by atoms with Crippen LogP contribution < -0.4 is 10.0 Å². The van der Waals surface area contributed by atoms with Crippen molar-refractivity contribution >= 4 is 13.2 Å². The lowest BCUT2D eigenvalue weighted by Crippen LogP contribution is -2.19. The van der Waals surface area contributed by atoms with Gasteiger partial charge in [-0.15, -0.1) is 0 Å². The van der Waals surface area contributed by atoms with Gasteiger partial charge in [0.15, 0.2) is 0 Å². The highest BCUT2D eigenvalue weighted by atomic mass is 31.1. The monoisotopic (exact) mass is 302 g/mol. The Morgan fingerprint density at radius 1 is 1.00 bits per heavy atom. The van der Waals surface area contributed by atoms with Gasteiger partial charge in [0.25, 0.3) is 0 Å². The van der Waals surface area contributed by atoms with Gasteiger partial charge in [-0.2, -0.15) is 0 Å². The first kappa shape index (κ1) is 14.2. The zero-order valence-electron chi connectivity index (χ0n) is 12.4. The Morgan fingerprint density at radius 2 is 1.62 bits per heavy atom. The van der Waals surface area contributed by atoms with Crippen molar-refractivity contribution in [3.63, 3.8) is 0 Å².